The van der Waals surface area contributed by atoms with Crippen LogP contribution in [0.15, 0.2) is 48.5 Å². The van der Waals surface area contributed by atoms with Crippen LogP contribution in [0.25, 0.3) is 11.1 Å². The summed E-state index contributed by atoms with van der Waals surface area (Å²) in [6, 6.07) is 18.9. The molecule has 0 radical (unpaired) electrons. The summed E-state index contributed by atoms with van der Waals surface area (Å²) in [4.78, 5) is 0. The van der Waals surface area contributed by atoms with Crippen LogP contribution in [0.1, 0.15) is 62.5 Å². The van der Waals surface area contributed by atoms with Gasteiger partial charge in [-0.1, -0.05) is 49.7 Å². The smallest absolute Gasteiger partial charge is 0.0991 e. The average molecular weight is 333 g/mol. The summed E-state index contributed by atoms with van der Waals surface area (Å²) in [5, 5.41) is 8.90. The lowest BCUT2D eigenvalue weighted by atomic mass is 9.82. The van der Waals surface area contributed by atoms with Crippen LogP contribution in [0.3, 0.4) is 0 Å². The fourth-order valence-corrected chi connectivity index (χ4v) is 3.64. The van der Waals surface area contributed by atoms with Gasteiger partial charge < -0.3 is 4.74 Å². The molecule has 1 fully saturated rings. The maximum absolute atomic E-state index is 8.90. The first kappa shape index (κ1) is 17.7. The summed E-state index contributed by atoms with van der Waals surface area (Å²) in [7, 11) is 0. The van der Waals surface area contributed by atoms with Gasteiger partial charge in [-0.2, -0.15) is 5.26 Å². The fourth-order valence-electron chi connectivity index (χ4n) is 3.64. The molecule has 1 saturated carbocycles. The van der Waals surface area contributed by atoms with E-state index in [2.05, 4.69) is 37.3 Å². The number of nitrogens with zero attached hydrogens (tertiary/aromatic N) is 1. The van der Waals surface area contributed by atoms with E-state index in [1.54, 1.807) is 0 Å². The average Bonchev–Trinajstić information content (AvgIpc) is 2.69. The van der Waals surface area contributed by atoms with E-state index in [0.29, 0.717) is 17.6 Å². The maximum Gasteiger partial charge on any atom is 0.0991 e. The molecule has 130 valence electrons. The van der Waals surface area contributed by atoms with Gasteiger partial charge >= 0.3 is 0 Å². The molecule has 1 aliphatic rings. The van der Waals surface area contributed by atoms with E-state index < -0.39 is 0 Å². The molecule has 0 unspecified atom stereocenters. The highest BCUT2D eigenvalue weighted by molar-refractivity contribution is 5.64. The molecule has 3 rings (SSSR count). The van der Waals surface area contributed by atoms with Gasteiger partial charge in [0, 0.05) is 6.61 Å². The monoisotopic (exact) mass is 333 g/mol. The van der Waals surface area contributed by atoms with Crippen molar-refractivity contribution in [1.82, 2.24) is 0 Å². The van der Waals surface area contributed by atoms with Gasteiger partial charge in [0.25, 0.3) is 0 Å². The fraction of sp³-hybridized carbons (Fsp3) is 0.435. The third kappa shape index (κ3) is 4.71. The van der Waals surface area contributed by atoms with Crippen molar-refractivity contribution in [3.63, 3.8) is 0 Å². The van der Waals surface area contributed by atoms with E-state index in [0.717, 1.165) is 6.61 Å². The zero-order valence-electron chi connectivity index (χ0n) is 15.1. The van der Waals surface area contributed by atoms with Crippen LogP contribution in [-0.2, 0) is 4.74 Å². The second-order valence-electron chi connectivity index (χ2n) is 7.01. The largest absolute Gasteiger partial charge is 0.378 e. The predicted molar refractivity (Wildman–Crippen MR) is 102 cm³/mol. The van der Waals surface area contributed by atoms with Crippen molar-refractivity contribution in [2.45, 2.75) is 57.5 Å². The molecule has 0 aromatic heterocycles. The third-order valence-electron chi connectivity index (χ3n) is 5.26. The van der Waals surface area contributed by atoms with E-state index >= 15 is 0 Å². The molecule has 0 saturated heterocycles. The Labute approximate surface area is 151 Å². The lowest BCUT2D eigenvalue weighted by molar-refractivity contribution is 0.0232. The van der Waals surface area contributed by atoms with Crippen LogP contribution in [0, 0.1) is 11.3 Å². The molecule has 0 heterocycles. The Hall–Kier alpha value is -2.11. The Morgan fingerprint density at radius 3 is 2.08 bits per heavy atom. The number of hydrogen-bond donors (Lipinski definition) is 0. The van der Waals surface area contributed by atoms with Crippen molar-refractivity contribution < 1.29 is 4.74 Å². The summed E-state index contributed by atoms with van der Waals surface area (Å²) >= 11 is 0. The molecule has 0 aliphatic heterocycles. The molecule has 2 aromatic carbocycles. The zero-order valence-corrected chi connectivity index (χ0v) is 15.1. The Morgan fingerprint density at radius 1 is 0.920 bits per heavy atom. The highest BCUT2D eigenvalue weighted by Crippen LogP contribution is 2.35. The first-order valence-electron chi connectivity index (χ1n) is 9.52. The van der Waals surface area contributed by atoms with Crippen LogP contribution >= 0.6 is 0 Å². The predicted octanol–water partition coefficient (Wildman–Crippen LogP) is 6.07. The highest BCUT2D eigenvalue weighted by atomic mass is 16.5. The van der Waals surface area contributed by atoms with E-state index in [4.69, 9.17) is 10.00 Å². The van der Waals surface area contributed by atoms with Crippen molar-refractivity contribution in [3.8, 4) is 17.2 Å². The van der Waals surface area contributed by atoms with E-state index in [1.165, 1.54) is 55.2 Å². The minimum Gasteiger partial charge on any atom is -0.378 e. The molecule has 2 nitrogen and oxygen atoms in total. The molecule has 2 heteroatoms. The number of nitriles is 1. The van der Waals surface area contributed by atoms with Gasteiger partial charge in [-0.3, -0.25) is 0 Å². The topological polar surface area (TPSA) is 33.0 Å². The first-order chi connectivity index (χ1) is 12.3. The van der Waals surface area contributed by atoms with Crippen LogP contribution in [0.5, 0.6) is 0 Å². The van der Waals surface area contributed by atoms with Crippen molar-refractivity contribution >= 4 is 0 Å². The minimum atomic E-state index is 0.473. The molecular formula is C23H27NO. The van der Waals surface area contributed by atoms with E-state index in [1.807, 2.05) is 24.3 Å². The molecule has 25 heavy (non-hydrogen) atoms. The number of rotatable bonds is 6. The van der Waals surface area contributed by atoms with Crippen LogP contribution in [-0.4, -0.2) is 12.7 Å². The van der Waals surface area contributed by atoms with Crippen molar-refractivity contribution in [2.24, 2.45) is 0 Å². The standard InChI is InChI=1S/C23H27NO/c1-2-3-16-25-23-14-12-22(13-15-23)21-10-8-20(9-11-21)19-6-4-18(17-24)5-7-19/h4-11,22-23H,2-3,12-16H2,1H3. The van der Waals surface area contributed by atoms with Crippen LogP contribution in [0.2, 0.25) is 0 Å². The molecule has 2 aromatic rings. The molecule has 0 bridgehead atoms. The minimum absolute atomic E-state index is 0.473. The van der Waals surface area contributed by atoms with Gasteiger partial charge in [0.15, 0.2) is 0 Å². The lowest BCUT2D eigenvalue weighted by Crippen LogP contribution is -2.21. The Bertz CT molecular complexity index is 688. The number of unbranched alkanes of at least 4 members (excludes halogenated alkanes) is 1. The van der Waals surface area contributed by atoms with Gasteiger partial charge in [0.1, 0.15) is 0 Å². The molecule has 0 atom stereocenters. The van der Waals surface area contributed by atoms with Gasteiger partial charge in [0.05, 0.1) is 17.7 Å². The second kappa shape index (κ2) is 8.83. The summed E-state index contributed by atoms with van der Waals surface area (Å²) in [5.41, 5.74) is 4.53. The summed E-state index contributed by atoms with van der Waals surface area (Å²) in [6.07, 6.45) is 7.69. The molecular weight excluding hydrogens is 306 g/mol. The van der Waals surface area contributed by atoms with Crippen molar-refractivity contribution in [3.05, 3.63) is 59.7 Å². The van der Waals surface area contributed by atoms with E-state index in [9.17, 15) is 0 Å². The van der Waals surface area contributed by atoms with Crippen molar-refractivity contribution in [2.75, 3.05) is 6.61 Å². The summed E-state index contributed by atoms with van der Waals surface area (Å²) < 4.78 is 5.98. The third-order valence-corrected chi connectivity index (χ3v) is 5.26. The quantitative estimate of drug-likeness (QED) is 0.601. The van der Waals surface area contributed by atoms with Gasteiger partial charge in [-0.15, -0.1) is 0 Å². The summed E-state index contributed by atoms with van der Waals surface area (Å²) in [6.45, 7) is 3.13. The number of benzene rings is 2. The van der Waals surface area contributed by atoms with Crippen molar-refractivity contribution in [1.29, 1.82) is 5.26 Å². The maximum atomic E-state index is 8.90. The first-order valence-corrected chi connectivity index (χ1v) is 9.52. The number of hydrogen-bond acceptors (Lipinski definition) is 2. The number of ether oxygens (including phenoxy) is 1. The normalized spacial score (nSPS) is 20.2. The van der Waals surface area contributed by atoms with Crippen LogP contribution < -0.4 is 0 Å². The molecule has 0 amide bonds. The molecule has 0 N–H and O–H groups in total. The SMILES string of the molecule is CCCCOC1CCC(c2ccc(-c3ccc(C#N)cc3)cc2)CC1. The molecule has 1 aliphatic carbocycles. The van der Waals surface area contributed by atoms with E-state index in [-0.39, 0.29) is 0 Å². The van der Waals surface area contributed by atoms with Crippen LogP contribution in [0.4, 0.5) is 0 Å². The second-order valence-corrected chi connectivity index (χ2v) is 7.01. The lowest BCUT2D eigenvalue weighted by Gasteiger charge is -2.29. The molecule has 0 spiro atoms. The summed E-state index contributed by atoms with van der Waals surface area (Å²) in [5.74, 6) is 0.668. The Kier molecular flexibility index (Phi) is 6.25. The Balaban J connectivity index is 1.57. The zero-order chi connectivity index (χ0) is 17.5. The van der Waals surface area contributed by atoms with Gasteiger partial charge in [0.2, 0.25) is 0 Å². The highest BCUT2D eigenvalue weighted by Gasteiger charge is 2.22. The van der Waals surface area contributed by atoms with Gasteiger partial charge in [-0.25, -0.2) is 0 Å². The Morgan fingerprint density at radius 2 is 1.52 bits per heavy atom. The van der Waals surface area contributed by atoms with Gasteiger partial charge in [-0.05, 0) is 66.8 Å².